The van der Waals surface area contributed by atoms with Gasteiger partial charge in [-0.3, -0.25) is 0 Å². The van der Waals surface area contributed by atoms with Crippen molar-refractivity contribution in [3.05, 3.63) is 35.5 Å². The van der Waals surface area contributed by atoms with Gasteiger partial charge in [0.25, 0.3) is 0 Å². The highest BCUT2D eigenvalue weighted by molar-refractivity contribution is 7.91. The second kappa shape index (κ2) is 4.10. The minimum Gasteiger partial charge on any atom is -0.358 e. The summed E-state index contributed by atoms with van der Waals surface area (Å²) < 4.78 is 23.5. The summed E-state index contributed by atoms with van der Waals surface area (Å²) in [5, 5.41) is 4.43. The van der Waals surface area contributed by atoms with Crippen LogP contribution in [0.4, 0.5) is 0 Å². The Kier molecular flexibility index (Phi) is 2.68. The zero-order valence-electron chi connectivity index (χ0n) is 10.2. The van der Waals surface area contributed by atoms with Gasteiger partial charge >= 0.3 is 0 Å². The van der Waals surface area contributed by atoms with Gasteiger partial charge in [0.1, 0.15) is 0 Å². The maximum Gasteiger partial charge on any atom is 0.153 e. The third-order valence-electron chi connectivity index (χ3n) is 3.52. The minimum atomic E-state index is -2.92. The normalized spacial score (nSPS) is 23.3. The van der Waals surface area contributed by atoms with Gasteiger partial charge in [0, 0.05) is 29.2 Å². The van der Waals surface area contributed by atoms with Crippen LogP contribution < -0.4 is 5.32 Å². The first-order chi connectivity index (χ1) is 8.57. The van der Waals surface area contributed by atoms with Crippen molar-refractivity contribution in [3.8, 4) is 0 Å². The Morgan fingerprint density at radius 2 is 2.06 bits per heavy atom. The SMILES string of the molecule is Cc1[nH]c2ccccc2c1C1CS(=O)(=O)CCN1. The third-order valence-corrected chi connectivity index (χ3v) is 5.18. The maximum atomic E-state index is 11.8. The molecule has 1 fully saturated rings. The van der Waals surface area contributed by atoms with E-state index in [1.165, 1.54) is 0 Å². The number of hydrogen-bond donors (Lipinski definition) is 2. The van der Waals surface area contributed by atoms with E-state index in [1.807, 2.05) is 31.2 Å². The van der Waals surface area contributed by atoms with Crippen molar-refractivity contribution < 1.29 is 8.42 Å². The van der Waals surface area contributed by atoms with E-state index in [0.717, 1.165) is 22.2 Å². The molecule has 0 bridgehead atoms. The molecule has 96 valence electrons. The Bertz CT molecular complexity index is 688. The van der Waals surface area contributed by atoms with Crippen molar-refractivity contribution in [3.63, 3.8) is 0 Å². The molecule has 0 radical (unpaired) electrons. The molecule has 1 aliphatic rings. The molecule has 5 heteroatoms. The fraction of sp³-hybridized carbons (Fsp3) is 0.385. The second-order valence-electron chi connectivity index (χ2n) is 4.83. The van der Waals surface area contributed by atoms with Gasteiger partial charge in [-0.25, -0.2) is 8.42 Å². The number of aromatic amines is 1. The molecule has 1 aromatic heterocycles. The Balaban J connectivity index is 2.11. The molecule has 1 atom stereocenters. The van der Waals surface area contributed by atoms with Crippen molar-refractivity contribution in [1.29, 1.82) is 0 Å². The molecule has 1 aliphatic heterocycles. The van der Waals surface area contributed by atoms with E-state index in [0.29, 0.717) is 6.54 Å². The van der Waals surface area contributed by atoms with Gasteiger partial charge in [-0.2, -0.15) is 0 Å². The number of H-pyrrole nitrogens is 1. The number of rotatable bonds is 1. The van der Waals surface area contributed by atoms with Gasteiger partial charge in [0.2, 0.25) is 0 Å². The number of fused-ring (bicyclic) bond motifs is 1. The van der Waals surface area contributed by atoms with Crippen molar-refractivity contribution in [2.45, 2.75) is 13.0 Å². The molecule has 18 heavy (non-hydrogen) atoms. The van der Waals surface area contributed by atoms with Crippen molar-refractivity contribution in [1.82, 2.24) is 10.3 Å². The van der Waals surface area contributed by atoms with E-state index in [2.05, 4.69) is 10.3 Å². The van der Waals surface area contributed by atoms with Crippen LogP contribution >= 0.6 is 0 Å². The lowest BCUT2D eigenvalue weighted by molar-refractivity contribution is 0.531. The lowest BCUT2D eigenvalue weighted by atomic mass is 10.0. The largest absolute Gasteiger partial charge is 0.358 e. The first-order valence-corrected chi connectivity index (χ1v) is 7.90. The molecule has 0 spiro atoms. The molecular weight excluding hydrogens is 248 g/mol. The molecule has 0 saturated carbocycles. The average molecular weight is 264 g/mol. The molecule has 2 heterocycles. The van der Waals surface area contributed by atoms with Crippen LogP contribution in [0.15, 0.2) is 24.3 Å². The molecule has 1 unspecified atom stereocenters. The highest BCUT2D eigenvalue weighted by atomic mass is 32.2. The van der Waals surface area contributed by atoms with Crippen LogP contribution in [0.3, 0.4) is 0 Å². The highest BCUT2D eigenvalue weighted by Crippen LogP contribution is 2.29. The smallest absolute Gasteiger partial charge is 0.153 e. The van der Waals surface area contributed by atoms with Crippen LogP contribution in [0.1, 0.15) is 17.3 Å². The summed E-state index contributed by atoms with van der Waals surface area (Å²) in [6.07, 6.45) is 0. The molecule has 3 rings (SSSR count). The number of benzene rings is 1. The van der Waals surface area contributed by atoms with E-state index in [4.69, 9.17) is 0 Å². The Morgan fingerprint density at radius 1 is 1.28 bits per heavy atom. The summed E-state index contributed by atoms with van der Waals surface area (Å²) in [6, 6.07) is 7.92. The standard InChI is InChI=1S/C13H16N2O2S/c1-9-13(10-4-2-3-5-11(10)15-9)12-8-18(16,17)7-6-14-12/h2-5,12,14-15H,6-8H2,1H3. The van der Waals surface area contributed by atoms with E-state index >= 15 is 0 Å². The van der Waals surface area contributed by atoms with Crippen LogP contribution in [0.5, 0.6) is 0 Å². The number of sulfone groups is 1. The van der Waals surface area contributed by atoms with Crippen LogP contribution in [-0.2, 0) is 9.84 Å². The predicted octanol–water partition coefficient (Wildman–Crippen LogP) is 1.54. The highest BCUT2D eigenvalue weighted by Gasteiger charge is 2.28. The molecular formula is C13H16N2O2S. The average Bonchev–Trinajstić information content (AvgIpc) is 2.63. The summed E-state index contributed by atoms with van der Waals surface area (Å²) in [7, 11) is -2.92. The van der Waals surface area contributed by atoms with E-state index in [9.17, 15) is 8.42 Å². The molecule has 0 amide bonds. The van der Waals surface area contributed by atoms with Crippen LogP contribution in [0, 0.1) is 6.92 Å². The topological polar surface area (TPSA) is 62.0 Å². The number of hydrogen-bond acceptors (Lipinski definition) is 3. The van der Waals surface area contributed by atoms with E-state index < -0.39 is 9.84 Å². The predicted molar refractivity (Wildman–Crippen MR) is 72.4 cm³/mol. The van der Waals surface area contributed by atoms with Crippen molar-refractivity contribution in [2.24, 2.45) is 0 Å². The summed E-state index contributed by atoms with van der Waals surface area (Å²) in [4.78, 5) is 3.32. The van der Waals surface area contributed by atoms with E-state index in [1.54, 1.807) is 0 Å². The number of para-hydroxylation sites is 1. The lowest BCUT2D eigenvalue weighted by Crippen LogP contribution is -2.39. The van der Waals surface area contributed by atoms with Gasteiger partial charge in [-0.05, 0) is 18.6 Å². The van der Waals surface area contributed by atoms with Gasteiger partial charge in [0.15, 0.2) is 9.84 Å². The number of aryl methyl sites for hydroxylation is 1. The molecule has 4 nitrogen and oxygen atoms in total. The number of aromatic nitrogens is 1. The first kappa shape index (κ1) is 11.7. The Labute approximate surface area is 106 Å². The summed E-state index contributed by atoms with van der Waals surface area (Å²) in [5.74, 6) is 0.431. The van der Waals surface area contributed by atoms with Crippen molar-refractivity contribution in [2.75, 3.05) is 18.1 Å². The van der Waals surface area contributed by atoms with Crippen LogP contribution in [0.25, 0.3) is 10.9 Å². The first-order valence-electron chi connectivity index (χ1n) is 6.08. The van der Waals surface area contributed by atoms with Crippen LogP contribution in [-0.4, -0.2) is 31.5 Å². The number of nitrogens with one attached hydrogen (secondary N) is 2. The quantitative estimate of drug-likeness (QED) is 0.821. The summed E-state index contributed by atoms with van der Waals surface area (Å²) >= 11 is 0. The molecule has 2 N–H and O–H groups in total. The van der Waals surface area contributed by atoms with Crippen molar-refractivity contribution >= 4 is 20.7 Å². The molecule has 2 aromatic rings. The minimum absolute atomic E-state index is 0.0973. The third kappa shape index (κ3) is 1.93. The van der Waals surface area contributed by atoms with Gasteiger partial charge < -0.3 is 10.3 Å². The molecule has 0 aliphatic carbocycles. The molecule has 1 saturated heterocycles. The molecule has 1 aromatic carbocycles. The van der Waals surface area contributed by atoms with Gasteiger partial charge in [-0.15, -0.1) is 0 Å². The Morgan fingerprint density at radius 3 is 2.83 bits per heavy atom. The summed E-state index contributed by atoms with van der Waals surface area (Å²) in [6.45, 7) is 2.53. The van der Waals surface area contributed by atoms with Crippen LogP contribution in [0.2, 0.25) is 0 Å². The maximum absolute atomic E-state index is 11.8. The lowest BCUT2D eigenvalue weighted by Gasteiger charge is -2.24. The zero-order valence-corrected chi connectivity index (χ0v) is 11.0. The fourth-order valence-electron chi connectivity index (χ4n) is 2.72. The summed E-state index contributed by atoms with van der Waals surface area (Å²) in [5.41, 5.74) is 3.20. The Hall–Kier alpha value is -1.33. The monoisotopic (exact) mass is 264 g/mol. The van der Waals surface area contributed by atoms with E-state index in [-0.39, 0.29) is 17.5 Å². The van der Waals surface area contributed by atoms with Gasteiger partial charge in [0.05, 0.1) is 11.5 Å². The zero-order chi connectivity index (χ0) is 12.8. The second-order valence-corrected chi connectivity index (χ2v) is 7.06. The van der Waals surface area contributed by atoms with Gasteiger partial charge in [-0.1, -0.05) is 18.2 Å². The fourth-order valence-corrected chi connectivity index (χ4v) is 4.11.